The lowest BCUT2D eigenvalue weighted by Gasteiger charge is -2.42. The van der Waals surface area contributed by atoms with E-state index in [2.05, 4.69) is 20.9 Å². The third kappa shape index (κ3) is 3.14. The number of hydrogen-bond acceptors (Lipinski definition) is 3. The highest BCUT2D eigenvalue weighted by Gasteiger charge is 2.52. The maximum Gasteiger partial charge on any atom is 0.558 e. The average molecular weight is 276 g/mol. The van der Waals surface area contributed by atoms with Crippen LogP contribution in [-0.2, 0) is 13.3 Å². The standard InChI is InChI=1S/C13H30NO3Si/c1-7-12(2)13-9-8-10-14(13,3)11-18(15-4,16-5)17-6/h12-13H,7-11H2,1-6H3/q+1. The van der Waals surface area contributed by atoms with Crippen molar-refractivity contribution in [3.8, 4) is 0 Å². The minimum Gasteiger partial charge on any atom is -0.374 e. The van der Waals surface area contributed by atoms with Gasteiger partial charge in [0.25, 0.3) is 0 Å². The molecule has 0 radical (unpaired) electrons. The van der Waals surface area contributed by atoms with Crippen LogP contribution in [0.25, 0.3) is 0 Å². The van der Waals surface area contributed by atoms with Crippen LogP contribution in [0.15, 0.2) is 0 Å². The molecule has 4 nitrogen and oxygen atoms in total. The van der Waals surface area contributed by atoms with E-state index in [0.717, 1.165) is 16.6 Å². The third-order valence-corrected chi connectivity index (χ3v) is 7.73. The van der Waals surface area contributed by atoms with Crippen LogP contribution in [0.3, 0.4) is 0 Å². The second kappa shape index (κ2) is 6.48. The van der Waals surface area contributed by atoms with Gasteiger partial charge in [0.15, 0.2) is 0 Å². The number of likely N-dealkylation sites (tertiary alicyclic amines) is 1. The highest BCUT2D eigenvalue weighted by molar-refractivity contribution is 6.60. The second-order valence-corrected chi connectivity index (χ2v) is 8.66. The van der Waals surface area contributed by atoms with E-state index in [0.29, 0.717) is 6.04 Å². The minimum absolute atomic E-state index is 0.710. The molecule has 3 unspecified atom stereocenters. The molecule has 0 aromatic heterocycles. The Labute approximate surface area is 113 Å². The zero-order chi connectivity index (χ0) is 13.8. The van der Waals surface area contributed by atoms with Crippen molar-refractivity contribution in [1.82, 2.24) is 0 Å². The van der Waals surface area contributed by atoms with Crippen molar-refractivity contribution >= 4 is 8.80 Å². The van der Waals surface area contributed by atoms with Crippen molar-refractivity contribution in [2.24, 2.45) is 5.92 Å². The van der Waals surface area contributed by atoms with Gasteiger partial charge in [0.05, 0.1) is 19.6 Å². The number of hydrogen-bond donors (Lipinski definition) is 0. The second-order valence-electron chi connectivity index (χ2n) is 5.75. The lowest BCUT2D eigenvalue weighted by atomic mass is 9.96. The largest absolute Gasteiger partial charge is 0.558 e. The van der Waals surface area contributed by atoms with Crippen molar-refractivity contribution in [3.63, 3.8) is 0 Å². The van der Waals surface area contributed by atoms with E-state index in [1.54, 1.807) is 21.3 Å². The summed E-state index contributed by atoms with van der Waals surface area (Å²) in [7, 11) is 4.98. The Bertz CT molecular complexity index is 252. The van der Waals surface area contributed by atoms with Gasteiger partial charge in [0.2, 0.25) is 0 Å². The molecule has 1 rings (SSSR count). The van der Waals surface area contributed by atoms with Crippen molar-refractivity contribution < 1.29 is 17.8 Å². The average Bonchev–Trinajstić information content (AvgIpc) is 2.77. The summed E-state index contributed by atoms with van der Waals surface area (Å²) in [6, 6.07) is 0.710. The first-order valence-corrected chi connectivity index (χ1v) is 8.89. The van der Waals surface area contributed by atoms with Gasteiger partial charge in [0, 0.05) is 40.1 Å². The molecule has 3 atom stereocenters. The number of quaternary nitrogens is 1. The van der Waals surface area contributed by atoms with Gasteiger partial charge in [-0.15, -0.1) is 0 Å². The molecule has 1 fully saturated rings. The Morgan fingerprint density at radius 2 is 1.78 bits per heavy atom. The lowest BCUT2D eigenvalue weighted by Crippen LogP contribution is -2.63. The van der Waals surface area contributed by atoms with E-state index < -0.39 is 8.80 Å². The summed E-state index contributed by atoms with van der Waals surface area (Å²) in [6.07, 6.45) is 4.73. The van der Waals surface area contributed by atoms with Crippen molar-refractivity contribution in [2.45, 2.75) is 39.2 Å². The molecule has 0 aromatic carbocycles. The summed E-state index contributed by atoms with van der Waals surface area (Å²) in [5.74, 6) is 0.745. The van der Waals surface area contributed by atoms with Crippen LogP contribution in [-0.4, -0.2) is 60.4 Å². The molecular weight excluding hydrogens is 246 g/mol. The fraction of sp³-hybridized carbons (Fsp3) is 1.00. The highest BCUT2D eigenvalue weighted by Crippen LogP contribution is 2.33. The Hall–Kier alpha value is 0.0569. The normalized spacial score (nSPS) is 30.7. The van der Waals surface area contributed by atoms with E-state index in [1.165, 1.54) is 25.8 Å². The molecule has 108 valence electrons. The predicted octanol–water partition coefficient (Wildman–Crippen LogP) is 2.06. The fourth-order valence-electron chi connectivity index (χ4n) is 3.39. The predicted molar refractivity (Wildman–Crippen MR) is 75.2 cm³/mol. The summed E-state index contributed by atoms with van der Waals surface area (Å²) in [5, 5.41) is 0. The van der Waals surface area contributed by atoms with Crippen LogP contribution < -0.4 is 0 Å². The van der Waals surface area contributed by atoms with Gasteiger partial charge >= 0.3 is 8.80 Å². The van der Waals surface area contributed by atoms with Crippen LogP contribution in [0, 0.1) is 5.92 Å². The molecule has 5 heteroatoms. The van der Waals surface area contributed by atoms with Gasteiger partial charge in [0.1, 0.15) is 6.17 Å². The van der Waals surface area contributed by atoms with Gasteiger partial charge in [-0.2, -0.15) is 0 Å². The van der Waals surface area contributed by atoms with Crippen LogP contribution in [0.2, 0.25) is 0 Å². The monoisotopic (exact) mass is 276 g/mol. The molecule has 1 heterocycles. The van der Waals surface area contributed by atoms with Gasteiger partial charge in [-0.1, -0.05) is 13.8 Å². The molecule has 18 heavy (non-hydrogen) atoms. The van der Waals surface area contributed by atoms with Gasteiger partial charge in [-0.25, -0.2) is 0 Å². The quantitative estimate of drug-likeness (QED) is 0.526. The molecule has 0 aliphatic carbocycles. The van der Waals surface area contributed by atoms with Crippen molar-refractivity contribution in [3.05, 3.63) is 0 Å². The number of nitrogens with zero attached hydrogens (tertiary/aromatic N) is 1. The van der Waals surface area contributed by atoms with Crippen molar-refractivity contribution in [2.75, 3.05) is 41.1 Å². The topological polar surface area (TPSA) is 27.7 Å². The SMILES string of the molecule is CCC(C)C1CCC[N+]1(C)C[Si](OC)(OC)OC. The summed E-state index contributed by atoms with van der Waals surface area (Å²) in [4.78, 5) is 0. The molecule has 1 saturated heterocycles. The molecule has 0 bridgehead atoms. The molecule has 0 saturated carbocycles. The summed E-state index contributed by atoms with van der Waals surface area (Å²) < 4.78 is 17.9. The molecular formula is C13H30NO3Si+. The molecule has 0 amide bonds. The molecule has 0 spiro atoms. The van der Waals surface area contributed by atoms with E-state index in [1.807, 2.05) is 0 Å². The molecule has 0 aromatic rings. The van der Waals surface area contributed by atoms with Crippen LogP contribution in [0.1, 0.15) is 33.1 Å². The Morgan fingerprint density at radius 1 is 1.22 bits per heavy atom. The van der Waals surface area contributed by atoms with E-state index in [-0.39, 0.29) is 0 Å². The van der Waals surface area contributed by atoms with Crippen molar-refractivity contribution in [1.29, 1.82) is 0 Å². The summed E-state index contributed by atoms with van der Waals surface area (Å²) >= 11 is 0. The first-order chi connectivity index (χ1) is 8.47. The smallest absolute Gasteiger partial charge is 0.374 e. The van der Waals surface area contributed by atoms with Crippen LogP contribution in [0.5, 0.6) is 0 Å². The Kier molecular flexibility index (Phi) is 5.80. The highest BCUT2D eigenvalue weighted by atomic mass is 28.4. The van der Waals surface area contributed by atoms with E-state index in [9.17, 15) is 0 Å². The van der Waals surface area contributed by atoms with E-state index in [4.69, 9.17) is 13.3 Å². The van der Waals surface area contributed by atoms with Gasteiger partial charge in [-0.3, -0.25) is 0 Å². The van der Waals surface area contributed by atoms with Crippen LogP contribution in [0.4, 0.5) is 0 Å². The first kappa shape index (κ1) is 16.1. The van der Waals surface area contributed by atoms with Crippen LogP contribution >= 0.6 is 0 Å². The zero-order valence-electron chi connectivity index (χ0n) is 12.9. The minimum atomic E-state index is -2.48. The van der Waals surface area contributed by atoms with Gasteiger partial charge in [-0.05, 0) is 6.42 Å². The third-order valence-electron chi connectivity index (χ3n) is 4.76. The first-order valence-electron chi connectivity index (χ1n) is 6.96. The Balaban J connectivity index is 2.84. The zero-order valence-corrected chi connectivity index (χ0v) is 13.9. The lowest BCUT2D eigenvalue weighted by molar-refractivity contribution is -0.917. The molecule has 0 N–H and O–H groups in total. The summed E-state index contributed by atoms with van der Waals surface area (Å²) in [6.45, 7) is 5.85. The maximum absolute atomic E-state index is 5.60. The maximum atomic E-state index is 5.60. The van der Waals surface area contributed by atoms with E-state index >= 15 is 0 Å². The number of rotatable bonds is 7. The Morgan fingerprint density at radius 3 is 2.22 bits per heavy atom. The molecule has 1 aliphatic rings. The molecule has 1 aliphatic heterocycles. The van der Waals surface area contributed by atoms with Gasteiger partial charge < -0.3 is 17.8 Å². The summed E-state index contributed by atoms with van der Waals surface area (Å²) in [5.41, 5.74) is 0. The fourth-order valence-corrected chi connectivity index (χ4v) is 5.56.